The number of hydrogen-bond acceptors (Lipinski definition) is 8. The molecule has 1 heterocycles. The van der Waals surface area contributed by atoms with Crippen LogP contribution < -0.4 is 5.73 Å². The highest BCUT2D eigenvalue weighted by atomic mass is 31.2. The molecule has 4 fully saturated rings. The third-order valence-corrected chi connectivity index (χ3v) is 12.2. The molecule has 10 nitrogen and oxygen atoms in total. The molecule has 47 heavy (non-hydrogen) atoms. The van der Waals surface area contributed by atoms with Crippen LogP contribution in [0.15, 0.2) is 66.3 Å². The largest absolute Gasteiger partial charge is 0.470 e. The van der Waals surface area contributed by atoms with Gasteiger partial charge in [-0.15, -0.1) is 0 Å². The summed E-state index contributed by atoms with van der Waals surface area (Å²) in [7, 11) is -5.02. The lowest BCUT2D eigenvalue weighted by Crippen LogP contribution is -2.63. The van der Waals surface area contributed by atoms with Crippen molar-refractivity contribution in [3.05, 3.63) is 88.8 Å². The Kier molecular flexibility index (Phi) is 7.80. The Morgan fingerprint density at radius 2 is 1.87 bits per heavy atom. The van der Waals surface area contributed by atoms with Crippen LogP contribution in [-0.4, -0.2) is 50.9 Å². The number of carbonyl (C=O) groups is 2. The summed E-state index contributed by atoms with van der Waals surface area (Å²) in [6.45, 7) is 2.96. The number of ketones is 2. The molecule has 0 amide bonds. The van der Waals surface area contributed by atoms with Gasteiger partial charge in [-0.3, -0.25) is 14.1 Å². The smallest absolute Gasteiger partial charge is 0.399 e. The predicted molar refractivity (Wildman–Crippen MR) is 168 cm³/mol. The van der Waals surface area contributed by atoms with Crippen LogP contribution in [-0.2, 0) is 34.6 Å². The number of halogens is 1. The van der Waals surface area contributed by atoms with E-state index in [1.165, 1.54) is 6.07 Å². The summed E-state index contributed by atoms with van der Waals surface area (Å²) in [5, 5.41) is 11.9. The van der Waals surface area contributed by atoms with Crippen molar-refractivity contribution in [2.45, 2.75) is 70.1 Å². The Morgan fingerprint density at radius 1 is 1.15 bits per heavy atom. The van der Waals surface area contributed by atoms with Crippen molar-refractivity contribution >= 4 is 25.1 Å². The summed E-state index contributed by atoms with van der Waals surface area (Å²) in [6, 6.07) is 12.0. The van der Waals surface area contributed by atoms with Gasteiger partial charge in [-0.05, 0) is 85.4 Å². The Hall–Kier alpha value is -3.02. The maximum absolute atomic E-state index is 15.7. The van der Waals surface area contributed by atoms with Gasteiger partial charge in [0.15, 0.2) is 23.5 Å². The van der Waals surface area contributed by atoms with Crippen molar-refractivity contribution in [2.75, 3.05) is 12.3 Å². The minimum Gasteiger partial charge on any atom is -0.399 e. The minimum atomic E-state index is -5.02. The van der Waals surface area contributed by atoms with Crippen molar-refractivity contribution in [2.24, 2.45) is 28.6 Å². The van der Waals surface area contributed by atoms with Gasteiger partial charge in [-0.1, -0.05) is 49.8 Å². The molecule has 4 aliphatic carbocycles. The van der Waals surface area contributed by atoms with Crippen LogP contribution in [0.2, 0.25) is 0 Å². The summed E-state index contributed by atoms with van der Waals surface area (Å²) >= 11 is 0. The lowest BCUT2D eigenvalue weighted by Gasteiger charge is -2.59. The van der Waals surface area contributed by atoms with Crippen LogP contribution in [0.3, 0.4) is 0 Å². The first-order valence-electron chi connectivity index (χ1n) is 16.0. The van der Waals surface area contributed by atoms with Gasteiger partial charge >= 0.3 is 7.82 Å². The van der Waals surface area contributed by atoms with Crippen LogP contribution in [0, 0.1) is 34.4 Å². The molecule has 0 spiro atoms. The third-order valence-electron chi connectivity index (χ3n) is 11.7. The molecule has 250 valence electrons. The second-order valence-electron chi connectivity index (χ2n) is 14.2. The number of aliphatic hydroxyl groups is 1. The monoisotopic (exact) mass is 667 g/mol. The van der Waals surface area contributed by atoms with Crippen LogP contribution >= 0.6 is 7.82 Å². The number of nitrogens with two attached hydrogens (primary N) is 1. The summed E-state index contributed by atoms with van der Waals surface area (Å²) in [5.41, 5.74) is 5.79. The SMILES string of the molecule is C[C@]12C=CC(=O)C=C1CC[C@@H]1[C@@H]2[C@@H](O)C[C@@]2(C)[C@H]1C[C@H]1O[C@@H](c3ccc(Cc4ccc(N)cc4)cc3F)O[C@]12C(=O)COP(=O)(O)O. The van der Waals surface area contributed by atoms with Gasteiger partial charge in [0.05, 0.1) is 12.2 Å². The molecular weight excluding hydrogens is 628 g/mol. The molecule has 9 atom stereocenters. The molecular formula is C35H39FNO9P. The maximum Gasteiger partial charge on any atom is 0.470 e. The number of phosphoric acid groups is 1. The molecule has 2 aromatic carbocycles. The molecule has 2 aromatic rings. The Balaban J connectivity index is 1.22. The second kappa shape index (κ2) is 11.3. The van der Waals surface area contributed by atoms with Crippen molar-refractivity contribution in [3.63, 3.8) is 0 Å². The summed E-state index contributed by atoms with van der Waals surface area (Å²) in [6.07, 6.45) is 4.32. The number of allylic oxidation sites excluding steroid dienone is 4. The number of hydrogen-bond donors (Lipinski definition) is 4. The third kappa shape index (κ3) is 5.19. The maximum atomic E-state index is 15.7. The fourth-order valence-electron chi connectivity index (χ4n) is 9.70. The minimum absolute atomic E-state index is 0.0725. The van der Waals surface area contributed by atoms with E-state index >= 15 is 4.39 Å². The van der Waals surface area contributed by atoms with E-state index < -0.39 is 61.0 Å². The number of ether oxygens (including phenoxy) is 2. The average Bonchev–Trinajstić information content (AvgIpc) is 3.50. The molecule has 0 bridgehead atoms. The zero-order valence-electron chi connectivity index (χ0n) is 26.2. The molecule has 1 saturated heterocycles. The van der Waals surface area contributed by atoms with Gasteiger partial charge in [-0.25, -0.2) is 8.96 Å². The zero-order chi connectivity index (χ0) is 33.5. The van der Waals surface area contributed by atoms with Gasteiger partial charge in [0.2, 0.25) is 0 Å². The van der Waals surface area contributed by atoms with Gasteiger partial charge in [0, 0.05) is 28.0 Å². The van der Waals surface area contributed by atoms with Gasteiger partial charge < -0.3 is 30.1 Å². The number of aliphatic hydroxyl groups excluding tert-OH is 1. The molecule has 7 rings (SSSR count). The highest BCUT2D eigenvalue weighted by molar-refractivity contribution is 7.46. The van der Waals surface area contributed by atoms with Gasteiger partial charge in [0.1, 0.15) is 12.4 Å². The van der Waals surface area contributed by atoms with E-state index in [0.29, 0.717) is 36.9 Å². The van der Waals surface area contributed by atoms with E-state index in [9.17, 15) is 29.0 Å². The molecule has 0 unspecified atom stereocenters. The number of fused-ring (bicyclic) bond motifs is 7. The van der Waals surface area contributed by atoms with Crippen molar-refractivity contribution in [1.82, 2.24) is 0 Å². The molecule has 5 N–H and O–H groups in total. The van der Waals surface area contributed by atoms with Crippen molar-refractivity contribution < 1.29 is 47.4 Å². The standard InChI is InChI=1S/C35H39FNO9P/c1-33-12-11-23(38)15-21(33)6-10-24-26-16-30-35(29(40)18-44-47(41,42)43,34(26,2)17-28(39)31(24)33)46-32(45-30)25-9-5-20(14-27(25)36)13-19-3-7-22(37)8-4-19/h3-5,7-9,11-12,14-15,24,26,28,30-32,39H,6,10,13,16-18,37H2,1-2H3,(H2,41,42,43)/t24-,26-,28-,30+,31+,32+,33-,34-,35+/m0/s1. The molecule has 0 radical (unpaired) electrons. The van der Waals surface area contributed by atoms with E-state index in [2.05, 4.69) is 0 Å². The number of anilines is 1. The first-order valence-corrected chi connectivity index (χ1v) is 17.5. The number of carbonyl (C=O) groups excluding carboxylic acids is 2. The number of nitrogen functional groups attached to an aromatic ring is 1. The molecule has 1 aliphatic heterocycles. The molecule has 0 aromatic heterocycles. The van der Waals surface area contributed by atoms with Crippen LogP contribution in [0.25, 0.3) is 0 Å². The van der Waals surface area contributed by atoms with E-state index in [4.69, 9.17) is 19.7 Å². The Labute approximate surface area is 272 Å². The highest BCUT2D eigenvalue weighted by Gasteiger charge is 2.76. The average molecular weight is 668 g/mol. The predicted octanol–water partition coefficient (Wildman–Crippen LogP) is 4.72. The van der Waals surface area contributed by atoms with E-state index in [-0.39, 0.29) is 35.5 Å². The molecule has 12 heteroatoms. The number of rotatable bonds is 7. The highest BCUT2D eigenvalue weighted by Crippen LogP contribution is 2.70. The molecule has 3 saturated carbocycles. The fourth-order valence-corrected chi connectivity index (χ4v) is 9.99. The zero-order valence-corrected chi connectivity index (χ0v) is 27.1. The van der Waals surface area contributed by atoms with E-state index in [1.807, 2.05) is 32.1 Å². The topological polar surface area (TPSA) is 166 Å². The lowest BCUT2D eigenvalue weighted by atomic mass is 9.46. The van der Waals surface area contributed by atoms with Crippen molar-refractivity contribution in [3.8, 4) is 0 Å². The van der Waals surface area contributed by atoms with Crippen molar-refractivity contribution in [1.29, 1.82) is 0 Å². The normalized spacial score (nSPS) is 37.5. The second-order valence-corrected chi connectivity index (χ2v) is 15.5. The number of Topliss-reactive ketones (excluding diaryl/α,β-unsaturated/α-hetero) is 1. The van der Waals surface area contributed by atoms with Gasteiger partial charge in [-0.2, -0.15) is 0 Å². The summed E-state index contributed by atoms with van der Waals surface area (Å²) in [5.74, 6) is -1.87. The molecule has 5 aliphatic rings. The number of phosphoric ester groups is 1. The lowest BCUT2D eigenvalue weighted by molar-refractivity contribution is -0.201. The first kappa shape index (κ1) is 32.5. The van der Waals surface area contributed by atoms with E-state index in [0.717, 1.165) is 11.1 Å². The van der Waals surface area contributed by atoms with Gasteiger partial charge in [0.25, 0.3) is 0 Å². The fraction of sp³-hybridized carbons (Fsp3) is 0.486. The van der Waals surface area contributed by atoms with Crippen LogP contribution in [0.4, 0.5) is 10.1 Å². The Morgan fingerprint density at radius 3 is 2.57 bits per heavy atom. The number of benzene rings is 2. The summed E-state index contributed by atoms with van der Waals surface area (Å²) in [4.78, 5) is 45.3. The Bertz CT molecular complexity index is 1740. The quantitative estimate of drug-likeness (QED) is 0.240. The van der Waals surface area contributed by atoms with Crippen LogP contribution in [0.5, 0.6) is 0 Å². The van der Waals surface area contributed by atoms with E-state index in [1.54, 1.807) is 36.4 Å². The summed E-state index contributed by atoms with van der Waals surface area (Å²) < 4.78 is 45.0. The first-order chi connectivity index (χ1) is 22.1. The van der Waals surface area contributed by atoms with Crippen LogP contribution in [0.1, 0.15) is 62.5 Å².